The fourth-order valence-corrected chi connectivity index (χ4v) is 1.38. The second-order valence-electron chi connectivity index (χ2n) is 3.23. The number of aromatic nitrogens is 2. The van der Waals surface area contributed by atoms with Gasteiger partial charge in [-0.25, -0.2) is 4.68 Å². The summed E-state index contributed by atoms with van der Waals surface area (Å²) in [6, 6.07) is 7.48. The lowest BCUT2D eigenvalue weighted by Crippen LogP contribution is -1.98. The maximum atomic E-state index is 9.39. The minimum absolute atomic E-state index is 0.200. The van der Waals surface area contributed by atoms with Gasteiger partial charge in [-0.1, -0.05) is 0 Å². The molecule has 0 aliphatic heterocycles. The summed E-state index contributed by atoms with van der Waals surface area (Å²) in [6.07, 6.45) is 1.43. The molecule has 4 nitrogen and oxygen atoms in total. The third kappa shape index (κ3) is 1.66. The molecule has 0 saturated heterocycles. The van der Waals surface area contributed by atoms with E-state index in [1.165, 1.54) is 6.20 Å². The molecule has 15 heavy (non-hydrogen) atoms. The maximum Gasteiger partial charge on any atom is 0.156 e. The van der Waals surface area contributed by atoms with Crippen LogP contribution in [0.3, 0.4) is 0 Å². The predicted molar refractivity (Wildman–Crippen MR) is 56.5 cm³/mol. The van der Waals surface area contributed by atoms with Gasteiger partial charge in [-0.05, 0) is 31.2 Å². The number of aromatic hydroxyl groups is 1. The van der Waals surface area contributed by atoms with Crippen molar-refractivity contribution in [2.45, 2.75) is 6.92 Å². The third-order valence-corrected chi connectivity index (χ3v) is 2.30. The Morgan fingerprint density at radius 1 is 1.27 bits per heavy atom. The van der Waals surface area contributed by atoms with Crippen LogP contribution < -0.4 is 4.74 Å². The van der Waals surface area contributed by atoms with Crippen LogP contribution >= 0.6 is 0 Å². The van der Waals surface area contributed by atoms with E-state index in [0.29, 0.717) is 0 Å². The first-order valence-electron chi connectivity index (χ1n) is 4.60. The van der Waals surface area contributed by atoms with Crippen molar-refractivity contribution in [1.82, 2.24) is 9.78 Å². The molecule has 0 saturated carbocycles. The van der Waals surface area contributed by atoms with E-state index in [4.69, 9.17) is 4.74 Å². The number of hydrogen-bond acceptors (Lipinski definition) is 3. The third-order valence-electron chi connectivity index (χ3n) is 2.30. The highest BCUT2D eigenvalue weighted by molar-refractivity contribution is 5.40. The Balaban J connectivity index is 2.41. The van der Waals surface area contributed by atoms with E-state index in [1.54, 1.807) is 11.8 Å². The topological polar surface area (TPSA) is 47.3 Å². The number of nitrogens with zero attached hydrogens (tertiary/aromatic N) is 2. The van der Waals surface area contributed by atoms with Crippen LogP contribution in [0.25, 0.3) is 5.69 Å². The lowest BCUT2D eigenvalue weighted by Gasteiger charge is -2.05. The molecule has 2 aromatic rings. The van der Waals surface area contributed by atoms with Crippen molar-refractivity contribution in [3.05, 3.63) is 36.2 Å². The lowest BCUT2D eigenvalue weighted by molar-refractivity contribution is 0.414. The molecule has 1 aromatic heterocycles. The quantitative estimate of drug-likeness (QED) is 0.812. The molecule has 0 spiro atoms. The molecule has 0 fully saturated rings. The summed E-state index contributed by atoms with van der Waals surface area (Å²) in [4.78, 5) is 0. The van der Waals surface area contributed by atoms with Crippen molar-refractivity contribution < 1.29 is 9.84 Å². The van der Waals surface area contributed by atoms with Crippen LogP contribution in [0, 0.1) is 6.92 Å². The monoisotopic (exact) mass is 204 g/mol. The van der Waals surface area contributed by atoms with Crippen LogP contribution in [0.2, 0.25) is 0 Å². The molecule has 0 aliphatic carbocycles. The fraction of sp³-hybridized carbons (Fsp3) is 0.182. The molecule has 78 valence electrons. The number of hydrogen-bond donors (Lipinski definition) is 1. The Hall–Kier alpha value is -1.97. The first kappa shape index (κ1) is 9.58. The summed E-state index contributed by atoms with van der Waals surface area (Å²) in [5.74, 6) is 0.999. The van der Waals surface area contributed by atoms with Gasteiger partial charge in [0.05, 0.1) is 24.7 Å². The van der Waals surface area contributed by atoms with Gasteiger partial charge in [0.1, 0.15) is 5.75 Å². The Kier molecular flexibility index (Phi) is 2.33. The highest BCUT2D eigenvalue weighted by Crippen LogP contribution is 2.20. The van der Waals surface area contributed by atoms with Gasteiger partial charge in [0, 0.05) is 0 Å². The maximum absolute atomic E-state index is 9.39. The van der Waals surface area contributed by atoms with E-state index in [0.717, 1.165) is 17.1 Å². The fourth-order valence-electron chi connectivity index (χ4n) is 1.38. The Morgan fingerprint density at radius 3 is 2.40 bits per heavy atom. The Bertz CT molecular complexity index is 460. The molecule has 0 amide bonds. The zero-order valence-electron chi connectivity index (χ0n) is 8.64. The van der Waals surface area contributed by atoms with E-state index >= 15 is 0 Å². The normalized spacial score (nSPS) is 10.3. The summed E-state index contributed by atoms with van der Waals surface area (Å²) >= 11 is 0. The van der Waals surface area contributed by atoms with Crippen molar-refractivity contribution in [1.29, 1.82) is 0 Å². The average Bonchev–Trinajstić information content (AvgIpc) is 2.60. The molecular weight excluding hydrogens is 192 g/mol. The highest BCUT2D eigenvalue weighted by Gasteiger charge is 2.06. The molecule has 0 radical (unpaired) electrons. The van der Waals surface area contributed by atoms with Crippen molar-refractivity contribution in [3.63, 3.8) is 0 Å². The first-order chi connectivity index (χ1) is 7.22. The zero-order chi connectivity index (χ0) is 10.8. The second-order valence-corrected chi connectivity index (χ2v) is 3.23. The van der Waals surface area contributed by atoms with Gasteiger partial charge in [-0.3, -0.25) is 0 Å². The Morgan fingerprint density at radius 2 is 1.93 bits per heavy atom. The second kappa shape index (κ2) is 3.65. The molecule has 1 N–H and O–H groups in total. The van der Waals surface area contributed by atoms with Gasteiger partial charge in [-0.2, -0.15) is 5.10 Å². The first-order valence-corrected chi connectivity index (χ1v) is 4.60. The van der Waals surface area contributed by atoms with Gasteiger partial charge < -0.3 is 9.84 Å². The van der Waals surface area contributed by atoms with Gasteiger partial charge in [-0.15, -0.1) is 0 Å². The summed E-state index contributed by atoms with van der Waals surface area (Å²) in [6.45, 7) is 1.81. The highest BCUT2D eigenvalue weighted by atomic mass is 16.5. The van der Waals surface area contributed by atoms with E-state index in [1.807, 2.05) is 31.2 Å². The molecule has 0 aliphatic rings. The van der Waals surface area contributed by atoms with Crippen LogP contribution in [0.15, 0.2) is 30.5 Å². The van der Waals surface area contributed by atoms with Crippen molar-refractivity contribution in [2.75, 3.05) is 7.11 Å². The number of methoxy groups -OCH3 is 1. The molecule has 0 unspecified atom stereocenters. The van der Waals surface area contributed by atoms with Crippen LogP contribution in [-0.4, -0.2) is 22.0 Å². The summed E-state index contributed by atoms with van der Waals surface area (Å²) in [7, 11) is 1.62. The lowest BCUT2D eigenvalue weighted by atomic mass is 10.3. The van der Waals surface area contributed by atoms with E-state index < -0.39 is 0 Å². The van der Waals surface area contributed by atoms with Crippen molar-refractivity contribution >= 4 is 0 Å². The van der Waals surface area contributed by atoms with Crippen LogP contribution in [0.5, 0.6) is 11.5 Å². The molecule has 0 bridgehead atoms. The standard InChI is InChI=1S/C11H12N2O2/c1-8-11(14)7-12-13(8)9-3-5-10(15-2)6-4-9/h3-7,14H,1-2H3. The van der Waals surface area contributed by atoms with Gasteiger partial charge in [0.2, 0.25) is 0 Å². The van der Waals surface area contributed by atoms with Gasteiger partial charge >= 0.3 is 0 Å². The minimum Gasteiger partial charge on any atom is -0.504 e. The smallest absolute Gasteiger partial charge is 0.156 e. The molecule has 4 heteroatoms. The number of benzene rings is 1. The van der Waals surface area contributed by atoms with Crippen LogP contribution in [-0.2, 0) is 0 Å². The van der Waals surface area contributed by atoms with Crippen LogP contribution in [0.4, 0.5) is 0 Å². The van der Waals surface area contributed by atoms with Gasteiger partial charge in [0.15, 0.2) is 5.75 Å². The molecule has 2 rings (SSSR count). The van der Waals surface area contributed by atoms with E-state index in [9.17, 15) is 5.11 Å². The SMILES string of the molecule is COc1ccc(-n2ncc(O)c2C)cc1. The number of ether oxygens (including phenoxy) is 1. The predicted octanol–water partition coefficient (Wildman–Crippen LogP) is 1.89. The van der Waals surface area contributed by atoms with E-state index in [-0.39, 0.29) is 5.75 Å². The molecular formula is C11H12N2O2. The summed E-state index contributed by atoms with van der Waals surface area (Å²) in [5.41, 5.74) is 1.62. The minimum atomic E-state index is 0.200. The zero-order valence-corrected chi connectivity index (χ0v) is 8.64. The summed E-state index contributed by atoms with van der Waals surface area (Å²) in [5, 5.41) is 13.5. The largest absolute Gasteiger partial charge is 0.504 e. The molecule has 1 heterocycles. The molecule has 1 aromatic carbocycles. The van der Waals surface area contributed by atoms with Crippen molar-refractivity contribution in [3.8, 4) is 17.2 Å². The van der Waals surface area contributed by atoms with Crippen molar-refractivity contribution in [2.24, 2.45) is 0 Å². The summed E-state index contributed by atoms with van der Waals surface area (Å²) < 4.78 is 6.74. The van der Waals surface area contributed by atoms with Gasteiger partial charge in [0.25, 0.3) is 0 Å². The van der Waals surface area contributed by atoms with E-state index in [2.05, 4.69) is 5.10 Å². The Labute approximate surface area is 87.7 Å². The average molecular weight is 204 g/mol. The molecule has 0 atom stereocenters. The van der Waals surface area contributed by atoms with Crippen LogP contribution in [0.1, 0.15) is 5.69 Å². The number of rotatable bonds is 2.